The summed E-state index contributed by atoms with van der Waals surface area (Å²) in [5.74, 6) is 0.328. The molecule has 1 aliphatic rings. The first-order valence-electron chi connectivity index (χ1n) is 7.17. The highest BCUT2D eigenvalue weighted by molar-refractivity contribution is 5.70. The lowest BCUT2D eigenvalue weighted by atomic mass is 10.0. The zero-order valence-corrected chi connectivity index (χ0v) is 12.3. The maximum absolute atomic E-state index is 12.1. The van der Waals surface area contributed by atoms with Crippen molar-refractivity contribution in [1.82, 2.24) is 9.55 Å². The van der Waals surface area contributed by atoms with Crippen LogP contribution in [0.2, 0.25) is 0 Å². The molecule has 2 unspecified atom stereocenters. The predicted octanol–water partition coefficient (Wildman–Crippen LogP) is 1.92. The van der Waals surface area contributed by atoms with Gasteiger partial charge in [0.25, 0.3) is 0 Å². The van der Waals surface area contributed by atoms with Gasteiger partial charge in [-0.2, -0.15) is 4.98 Å². The third kappa shape index (κ3) is 3.08. The van der Waals surface area contributed by atoms with Crippen molar-refractivity contribution in [2.75, 3.05) is 0 Å². The van der Waals surface area contributed by atoms with Gasteiger partial charge in [-0.1, -0.05) is 13.3 Å². The van der Waals surface area contributed by atoms with Crippen molar-refractivity contribution >= 4 is 5.97 Å². The highest BCUT2D eigenvalue weighted by atomic mass is 16.4. The highest BCUT2D eigenvalue weighted by Crippen LogP contribution is 2.31. The van der Waals surface area contributed by atoms with Crippen LogP contribution < -0.4 is 5.69 Å². The zero-order chi connectivity index (χ0) is 14.9. The van der Waals surface area contributed by atoms with Crippen LogP contribution >= 0.6 is 0 Å². The molecule has 0 spiro atoms. The van der Waals surface area contributed by atoms with E-state index < -0.39 is 5.97 Å². The van der Waals surface area contributed by atoms with E-state index in [0.717, 1.165) is 18.5 Å². The van der Waals surface area contributed by atoms with Crippen LogP contribution in [-0.2, 0) is 17.8 Å². The van der Waals surface area contributed by atoms with Gasteiger partial charge in [-0.3, -0.25) is 9.36 Å². The second-order valence-electron chi connectivity index (χ2n) is 6.01. The van der Waals surface area contributed by atoms with Crippen molar-refractivity contribution in [3.63, 3.8) is 0 Å². The standard InChI is InChI=1S/C15H22N2O3/c1-9-4-5-12(6-9)8-17-11(3)13(7-14(18)19)10(2)16-15(17)20/h9,12H,4-8H2,1-3H3,(H,18,19). The van der Waals surface area contributed by atoms with Gasteiger partial charge in [-0.05, 0) is 38.5 Å². The number of nitrogens with zero attached hydrogens (tertiary/aromatic N) is 2. The first-order valence-corrected chi connectivity index (χ1v) is 7.17. The molecule has 2 atom stereocenters. The minimum Gasteiger partial charge on any atom is -0.481 e. The van der Waals surface area contributed by atoms with Crippen molar-refractivity contribution in [2.24, 2.45) is 11.8 Å². The fourth-order valence-electron chi connectivity index (χ4n) is 3.21. The first kappa shape index (κ1) is 14.8. The summed E-state index contributed by atoms with van der Waals surface area (Å²) >= 11 is 0. The molecule has 1 aromatic heterocycles. The number of aliphatic carboxylic acids is 1. The number of carbonyl (C=O) groups is 1. The molecule has 0 aromatic carbocycles. The van der Waals surface area contributed by atoms with Crippen LogP contribution in [0.15, 0.2) is 4.79 Å². The molecule has 1 heterocycles. The summed E-state index contributed by atoms with van der Waals surface area (Å²) in [6.45, 7) is 6.43. The SMILES string of the molecule is Cc1nc(=O)n(CC2CCC(C)C2)c(C)c1CC(=O)O. The predicted molar refractivity (Wildman–Crippen MR) is 75.8 cm³/mol. The molecule has 1 fully saturated rings. The molecule has 0 radical (unpaired) electrons. The number of carboxylic acid groups (broad SMARTS) is 1. The Balaban J connectivity index is 2.32. The summed E-state index contributed by atoms with van der Waals surface area (Å²) in [6.07, 6.45) is 3.40. The van der Waals surface area contributed by atoms with Gasteiger partial charge in [0, 0.05) is 23.5 Å². The minimum absolute atomic E-state index is 0.0774. The minimum atomic E-state index is -0.891. The van der Waals surface area contributed by atoms with Gasteiger partial charge in [0.05, 0.1) is 6.42 Å². The molecule has 0 bridgehead atoms. The summed E-state index contributed by atoms with van der Waals surface area (Å²) < 4.78 is 1.66. The molecule has 5 heteroatoms. The van der Waals surface area contributed by atoms with E-state index in [-0.39, 0.29) is 12.1 Å². The lowest BCUT2D eigenvalue weighted by molar-refractivity contribution is -0.136. The van der Waals surface area contributed by atoms with Gasteiger partial charge in [0.2, 0.25) is 0 Å². The van der Waals surface area contributed by atoms with Crippen LogP contribution in [0.25, 0.3) is 0 Å². The molecule has 0 saturated heterocycles. The van der Waals surface area contributed by atoms with E-state index in [9.17, 15) is 9.59 Å². The molecule has 1 aromatic rings. The molecule has 2 rings (SSSR count). The van der Waals surface area contributed by atoms with Crippen molar-refractivity contribution in [1.29, 1.82) is 0 Å². The topological polar surface area (TPSA) is 72.2 Å². The molecular formula is C15H22N2O3. The number of carboxylic acids is 1. The van der Waals surface area contributed by atoms with Crippen LogP contribution in [-0.4, -0.2) is 20.6 Å². The Labute approximate surface area is 118 Å². The summed E-state index contributed by atoms with van der Waals surface area (Å²) in [6, 6.07) is 0. The fraction of sp³-hybridized carbons (Fsp3) is 0.667. The monoisotopic (exact) mass is 278 g/mol. The number of aryl methyl sites for hydroxylation is 1. The summed E-state index contributed by atoms with van der Waals surface area (Å²) in [5.41, 5.74) is 1.70. The van der Waals surface area contributed by atoms with Crippen LogP contribution in [0, 0.1) is 25.7 Å². The van der Waals surface area contributed by atoms with Crippen molar-refractivity contribution in [2.45, 2.75) is 53.0 Å². The van der Waals surface area contributed by atoms with Gasteiger partial charge in [0.1, 0.15) is 0 Å². The van der Waals surface area contributed by atoms with Gasteiger partial charge < -0.3 is 5.11 Å². The molecule has 1 aliphatic carbocycles. The Morgan fingerprint density at radius 2 is 2.10 bits per heavy atom. The Kier molecular flexibility index (Phi) is 4.26. The molecule has 1 N–H and O–H groups in total. The number of hydrogen-bond acceptors (Lipinski definition) is 3. The lowest BCUT2D eigenvalue weighted by Crippen LogP contribution is -2.30. The van der Waals surface area contributed by atoms with E-state index in [1.165, 1.54) is 6.42 Å². The fourth-order valence-corrected chi connectivity index (χ4v) is 3.21. The van der Waals surface area contributed by atoms with Gasteiger partial charge >= 0.3 is 11.7 Å². The Hall–Kier alpha value is -1.65. The third-order valence-corrected chi connectivity index (χ3v) is 4.34. The largest absolute Gasteiger partial charge is 0.481 e. The van der Waals surface area contributed by atoms with Crippen LogP contribution in [0.4, 0.5) is 0 Å². The smallest absolute Gasteiger partial charge is 0.347 e. The van der Waals surface area contributed by atoms with Crippen molar-refractivity contribution in [3.05, 3.63) is 27.4 Å². The molecule has 1 saturated carbocycles. The summed E-state index contributed by atoms with van der Waals surface area (Å²) in [5, 5.41) is 8.98. The molecular weight excluding hydrogens is 256 g/mol. The maximum atomic E-state index is 12.1. The van der Waals surface area contributed by atoms with E-state index in [1.54, 1.807) is 11.5 Å². The van der Waals surface area contributed by atoms with Gasteiger partial charge in [-0.25, -0.2) is 4.79 Å². The van der Waals surface area contributed by atoms with Gasteiger partial charge in [-0.15, -0.1) is 0 Å². The van der Waals surface area contributed by atoms with Crippen LogP contribution in [0.1, 0.15) is 43.1 Å². The molecule has 0 aliphatic heterocycles. The zero-order valence-electron chi connectivity index (χ0n) is 12.3. The van der Waals surface area contributed by atoms with E-state index in [1.807, 2.05) is 6.92 Å². The van der Waals surface area contributed by atoms with Crippen LogP contribution in [0.5, 0.6) is 0 Å². The van der Waals surface area contributed by atoms with Gasteiger partial charge in [0.15, 0.2) is 0 Å². The average Bonchev–Trinajstić information content (AvgIpc) is 2.75. The summed E-state index contributed by atoms with van der Waals surface area (Å²) in [7, 11) is 0. The molecule has 5 nitrogen and oxygen atoms in total. The van der Waals surface area contributed by atoms with E-state index >= 15 is 0 Å². The van der Waals surface area contributed by atoms with Crippen molar-refractivity contribution < 1.29 is 9.90 Å². The number of rotatable bonds is 4. The Morgan fingerprint density at radius 3 is 2.65 bits per heavy atom. The normalized spacial score (nSPS) is 22.1. The number of aromatic nitrogens is 2. The van der Waals surface area contributed by atoms with E-state index in [2.05, 4.69) is 11.9 Å². The first-order chi connectivity index (χ1) is 9.38. The Bertz CT molecular complexity index is 577. The summed E-state index contributed by atoms with van der Waals surface area (Å²) in [4.78, 5) is 27.0. The molecule has 0 amide bonds. The van der Waals surface area contributed by atoms with Crippen LogP contribution in [0.3, 0.4) is 0 Å². The van der Waals surface area contributed by atoms with E-state index in [0.29, 0.717) is 29.6 Å². The third-order valence-electron chi connectivity index (χ3n) is 4.34. The molecule has 110 valence electrons. The molecule has 20 heavy (non-hydrogen) atoms. The lowest BCUT2D eigenvalue weighted by Gasteiger charge is -2.17. The van der Waals surface area contributed by atoms with Crippen molar-refractivity contribution in [3.8, 4) is 0 Å². The Morgan fingerprint density at radius 1 is 1.40 bits per heavy atom. The number of hydrogen-bond donors (Lipinski definition) is 1. The highest BCUT2D eigenvalue weighted by Gasteiger charge is 2.23. The second kappa shape index (κ2) is 5.77. The maximum Gasteiger partial charge on any atom is 0.347 e. The average molecular weight is 278 g/mol. The quantitative estimate of drug-likeness (QED) is 0.913. The second-order valence-corrected chi connectivity index (χ2v) is 6.01. The van der Waals surface area contributed by atoms with E-state index in [4.69, 9.17) is 5.11 Å².